The lowest BCUT2D eigenvalue weighted by Crippen LogP contribution is -2.11. The summed E-state index contributed by atoms with van der Waals surface area (Å²) in [5, 5.41) is 0. The number of carbonyl (C=O) groups excluding carboxylic acids is 1. The van der Waals surface area contributed by atoms with Crippen LogP contribution >= 0.6 is 0 Å². The molecule has 46 heavy (non-hydrogen) atoms. The van der Waals surface area contributed by atoms with E-state index in [4.69, 9.17) is 16.0 Å². The Hall–Kier alpha value is -5.14. The van der Waals surface area contributed by atoms with Crippen LogP contribution < -0.4 is 9.47 Å². The molecule has 0 bridgehead atoms. The SMILES string of the molecule is [C-]#[N+]c1ccc(-c2ccc(-c3ccc(-c4ccc(C(=O)c5ccc(OCC(CC)CCCC)cc5)cc4)c(OC)c3)cc2C)cc1. The van der Waals surface area contributed by atoms with Crippen LogP contribution in [-0.4, -0.2) is 19.5 Å². The number of aryl methyl sites for hydroxylation is 1. The summed E-state index contributed by atoms with van der Waals surface area (Å²) in [5.74, 6) is 2.11. The van der Waals surface area contributed by atoms with Gasteiger partial charge in [0.05, 0.1) is 20.3 Å². The standard InChI is InChI=1S/C42H41NO3/c1-6-8-9-30(7-2)28-46-38-22-16-34(17-23-38)42(44)33-12-10-32(11-13-33)40-25-19-36(27-41(40)45-5)35-18-24-39(29(3)26-35)31-14-20-37(43-4)21-15-31/h10-27,30H,6-9,28H2,1-3,5H3. The summed E-state index contributed by atoms with van der Waals surface area (Å²) in [5.41, 5.74) is 9.41. The molecular weight excluding hydrogens is 566 g/mol. The molecular formula is C42H41NO3. The lowest BCUT2D eigenvalue weighted by atomic mass is 9.94. The quantitative estimate of drug-likeness (QED) is 0.0987. The summed E-state index contributed by atoms with van der Waals surface area (Å²) in [6.07, 6.45) is 4.72. The van der Waals surface area contributed by atoms with Crippen LogP contribution in [0.4, 0.5) is 5.69 Å². The zero-order chi connectivity index (χ0) is 32.5. The molecule has 0 saturated carbocycles. The van der Waals surface area contributed by atoms with Crippen molar-refractivity contribution in [1.82, 2.24) is 0 Å². The smallest absolute Gasteiger partial charge is 0.193 e. The van der Waals surface area contributed by atoms with Gasteiger partial charge in [0.1, 0.15) is 11.5 Å². The first-order valence-corrected chi connectivity index (χ1v) is 16.1. The van der Waals surface area contributed by atoms with Gasteiger partial charge in [-0.05, 0) is 83.0 Å². The van der Waals surface area contributed by atoms with E-state index in [0.29, 0.717) is 29.3 Å². The van der Waals surface area contributed by atoms with Gasteiger partial charge in [-0.25, -0.2) is 4.85 Å². The lowest BCUT2D eigenvalue weighted by Gasteiger charge is -2.15. The third-order valence-electron chi connectivity index (χ3n) is 8.67. The van der Waals surface area contributed by atoms with Crippen molar-refractivity contribution in [1.29, 1.82) is 0 Å². The first-order chi connectivity index (χ1) is 22.4. The van der Waals surface area contributed by atoms with E-state index >= 15 is 0 Å². The minimum atomic E-state index is -0.0176. The van der Waals surface area contributed by atoms with Gasteiger partial charge in [-0.15, -0.1) is 0 Å². The van der Waals surface area contributed by atoms with E-state index in [2.05, 4.69) is 62.0 Å². The highest BCUT2D eigenvalue weighted by Crippen LogP contribution is 2.36. The normalized spacial score (nSPS) is 11.5. The molecule has 0 heterocycles. The topological polar surface area (TPSA) is 39.9 Å². The molecule has 232 valence electrons. The fraction of sp³-hybridized carbons (Fsp3) is 0.238. The molecule has 0 saturated heterocycles. The summed E-state index contributed by atoms with van der Waals surface area (Å²) in [7, 11) is 1.68. The molecule has 0 aliphatic heterocycles. The number of nitrogens with zero attached hydrogens (tertiary/aromatic N) is 1. The molecule has 5 aromatic rings. The van der Waals surface area contributed by atoms with Crippen LogP contribution in [0.5, 0.6) is 11.5 Å². The summed E-state index contributed by atoms with van der Waals surface area (Å²) in [4.78, 5) is 16.7. The highest BCUT2D eigenvalue weighted by Gasteiger charge is 2.14. The molecule has 5 rings (SSSR count). The van der Waals surface area contributed by atoms with Crippen LogP contribution in [0.2, 0.25) is 0 Å². The maximum absolute atomic E-state index is 13.3. The molecule has 5 aromatic carbocycles. The lowest BCUT2D eigenvalue weighted by molar-refractivity contribution is 0.103. The molecule has 0 aliphatic rings. The van der Waals surface area contributed by atoms with Gasteiger partial charge in [0, 0.05) is 16.7 Å². The van der Waals surface area contributed by atoms with E-state index in [-0.39, 0.29) is 5.78 Å². The van der Waals surface area contributed by atoms with Gasteiger partial charge in [0.15, 0.2) is 11.5 Å². The predicted octanol–water partition coefficient (Wildman–Crippen LogP) is 11.4. The Balaban J connectivity index is 1.28. The third kappa shape index (κ3) is 7.56. The van der Waals surface area contributed by atoms with Gasteiger partial charge in [0.2, 0.25) is 0 Å². The highest BCUT2D eigenvalue weighted by atomic mass is 16.5. The highest BCUT2D eigenvalue weighted by molar-refractivity contribution is 6.09. The van der Waals surface area contributed by atoms with Crippen molar-refractivity contribution in [2.24, 2.45) is 5.92 Å². The molecule has 0 aliphatic carbocycles. The van der Waals surface area contributed by atoms with Crippen LogP contribution in [0.1, 0.15) is 61.0 Å². The molecule has 0 spiro atoms. The van der Waals surface area contributed by atoms with Crippen LogP contribution in [0.15, 0.2) is 109 Å². The van der Waals surface area contributed by atoms with Crippen LogP contribution in [0.25, 0.3) is 38.2 Å². The van der Waals surface area contributed by atoms with Crippen LogP contribution in [0.3, 0.4) is 0 Å². The van der Waals surface area contributed by atoms with E-state index < -0.39 is 0 Å². The minimum absolute atomic E-state index is 0.0176. The van der Waals surface area contributed by atoms with Crippen LogP contribution in [-0.2, 0) is 0 Å². The van der Waals surface area contributed by atoms with Crippen molar-refractivity contribution < 1.29 is 14.3 Å². The van der Waals surface area contributed by atoms with Gasteiger partial charge in [-0.2, -0.15) is 0 Å². The van der Waals surface area contributed by atoms with Crippen molar-refractivity contribution in [3.05, 3.63) is 137 Å². The minimum Gasteiger partial charge on any atom is -0.496 e. The number of rotatable bonds is 13. The Kier molecular flexibility index (Phi) is 10.7. The first-order valence-electron chi connectivity index (χ1n) is 16.1. The number of hydrogen-bond donors (Lipinski definition) is 0. The largest absolute Gasteiger partial charge is 0.496 e. The summed E-state index contributed by atoms with van der Waals surface area (Å²) in [6, 6.07) is 35.5. The van der Waals surface area contributed by atoms with Gasteiger partial charge in [-0.1, -0.05) is 112 Å². The summed E-state index contributed by atoms with van der Waals surface area (Å²) < 4.78 is 11.8. The molecule has 4 heteroatoms. The van der Waals surface area contributed by atoms with Crippen molar-refractivity contribution >= 4 is 11.5 Å². The third-order valence-corrected chi connectivity index (χ3v) is 8.67. The number of methoxy groups -OCH3 is 1. The van der Waals surface area contributed by atoms with E-state index in [1.54, 1.807) is 7.11 Å². The first kappa shape index (κ1) is 32.3. The molecule has 0 fully saturated rings. The Bertz CT molecular complexity index is 1810. The maximum Gasteiger partial charge on any atom is 0.193 e. The van der Waals surface area contributed by atoms with E-state index in [1.807, 2.05) is 72.8 Å². The van der Waals surface area contributed by atoms with Crippen LogP contribution in [0, 0.1) is 19.4 Å². The Morgan fingerprint density at radius 2 is 1.30 bits per heavy atom. The molecule has 0 radical (unpaired) electrons. The van der Waals surface area contributed by atoms with Gasteiger partial charge in [0.25, 0.3) is 0 Å². The molecule has 1 atom stereocenters. The van der Waals surface area contributed by atoms with E-state index in [1.165, 1.54) is 19.3 Å². The monoisotopic (exact) mass is 607 g/mol. The second kappa shape index (κ2) is 15.2. The molecule has 4 nitrogen and oxygen atoms in total. The van der Waals surface area contributed by atoms with E-state index in [0.717, 1.165) is 56.9 Å². The molecule has 0 amide bonds. The fourth-order valence-electron chi connectivity index (χ4n) is 5.77. The second-order valence-corrected chi connectivity index (χ2v) is 11.8. The van der Waals surface area contributed by atoms with E-state index in [9.17, 15) is 4.79 Å². The zero-order valence-corrected chi connectivity index (χ0v) is 27.2. The Morgan fingerprint density at radius 3 is 1.89 bits per heavy atom. The molecule has 0 N–H and O–H groups in total. The second-order valence-electron chi connectivity index (χ2n) is 11.8. The molecule has 1 unspecified atom stereocenters. The van der Waals surface area contributed by atoms with Gasteiger partial charge < -0.3 is 9.47 Å². The van der Waals surface area contributed by atoms with Crippen molar-refractivity contribution in [3.63, 3.8) is 0 Å². The average Bonchev–Trinajstić information content (AvgIpc) is 3.11. The Labute approximate surface area is 273 Å². The number of ketones is 1. The van der Waals surface area contributed by atoms with Crippen molar-refractivity contribution in [2.75, 3.05) is 13.7 Å². The number of ether oxygens (including phenoxy) is 2. The summed E-state index contributed by atoms with van der Waals surface area (Å²) in [6.45, 7) is 14.4. The van der Waals surface area contributed by atoms with Gasteiger partial charge in [-0.3, -0.25) is 4.79 Å². The Morgan fingerprint density at radius 1 is 0.739 bits per heavy atom. The van der Waals surface area contributed by atoms with Crippen molar-refractivity contribution in [2.45, 2.75) is 46.5 Å². The average molecular weight is 608 g/mol. The number of carbonyl (C=O) groups is 1. The van der Waals surface area contributed by atoms with Crippen molar-refractivity contribution in [3.8, 4) is 44.9 Å². The van der Waals surface area contributed by atoms with Gasteiger partial charge >= 0.3 is 0 Å². The number of unbranched alkanes of at least 4 members (excludes halogenated alkanes) is 1. The fourth-order valence-corrected chi connectivity index (χ4v) is 5.77. The summed E-state index contributed by atoms with van der Waals surface area (Å²) >= 11 is 0. The number of hydrogen-bond acceptors (Lipinski definition) is 3. The molecule has 0 aromatic heterocycles. The maximum atomic E-state index is 13.3. The zero-order valence-electron chi connectivity index (χ0n) is 27.2. The predicted molar refractivity (Wildman–Crippen MR) is 189 cm³/mol. The number of benzene rings is 5.